The first-order valence-electron chi connectivity index (χ1n) is 16.0. The molecule has 0 radical (unpaired) electrons. The first kappa shape index (κ1) is 26.0. The molecular weight excluding hydrogens is 571 g/mol. The monoisotopic (exact) mass is 597 g/mol. The Morgan fingerprint density at radius 2 is 0.723 bits per heavy atom. The minimum absolute atomic E-state index is 0.701. The maximum absolute atomic E-state index is 5.40. The second-order valence-corrected chi connectivity index (χ2v) is 12.1. The minimum Gasteiger partial charge on any atom is -0.292 e. The van der Waals surface area contributed by atoms with Crippen LogP contribution in [0.5, 0.6) is 0 Å². The van der Waals surface area contributed by atoms with E-state index in [1.165, 1.54) is 53.9 Å². The van der Waals surface area contributed by atoms with Gasteiger partial charge >= 0.3 is 0 Å². The average molecular weight is 598 g/mol. The Kier molecular flexibility index (Phi) is 5.57. The van der Waals surface area contributed by atoms with Gasteiger partial charge in [-0.15, -0.1) is 0 Å². The Morgan fingerprint density at radius 3 is 1.21 bits per heavy atom. The highest BCUT2D eigenvalue weighted by molar-refractivity contribution is 6.40. The van der Waals surface area contributed by atoms with E-state index < -0.39 is 0 Å². The number of hydrogen-bond donors (Lipinski definition) is 0. The van der Waals surface area contributed by atoms with E-state index in [1.54, 1.807) is 0 Å². The molecular formula is C44H27N3. The first-order valence-corrected chi connectivity index (χ1v) is 16.0. The zero-order chi connectivity index (χ0) is 30.9. The van der Waals surface area contributed by atoms with Gasteiger partial charge in [0.2, 0.25) is 0 Å². The van der Waals surface area contributed by atoms with E-state index in [0.717, 1.165) is 33.7 Å². The molecule has 0 unspecified atom stereocenters. The van der Waals surface area contributed by atoms with Gasteiger partial charge < -0.3 is 0 Å². The minimum atomic E-state index is 0.701. The van der Waals surface area contributed by atoms with E-state index in [-0.39, 0.29) is 0 Å². The molecule has 2 heterocycles. The van der Waals surface area contributed by atoms with Crippen molar-refractivity contribution in [2.24, 2.45) is 0 Å². The van der Waals surface area contributed by atoms with Crippen LogP contribution in [0, 0.1) is 0 Å². The van der Waals surface area contributed by atoms with Crippen LogP contribution >= 0.6 is 0 Å². The lowest BCUT2D eigenvalue weighted by atomic mass is 9.93. The lowest BCUT2D eigenvalue weighted by Crippen LogP contribution is -2.03. The summed E-state index contributed by atoms with van der Waals surface area (Å²) >= 11 is 0. The molecule has 0 bridgehead atoms. The fraction of sp³-hybridized carbons (Fsp3) is 0. The Hall–Kier alpha value is -6.32. The van der Waals surface area contributed by atoms with Crippen molar-refractivity contribution in [2.45, 2.75) is 0 Å². The van der Waals surface area contributed by atoms with E-state index in [4.69, 9.17) is 9.97 Å². The number of nitrogens with zero attached hydrogens (tertiary/aromatic N) is 3. The highest BCUT2D eigenvalue weighted by Gasteiger charge is 2.24. The lowest BCUT2D eigenvalue weighted by Gasteiger charge is -2.15. The van der Waals surface area contributed by atoms with Gasteiger partial charge in [0.1, 0.15) is 5.82 Å². The number of aromatic nitrogens is 3. The van der Waals surface area contributed by atoms with Crippen molar-refractivity contribution in [3.63, 3.8) is 0 Å². The van der Waals surface area contributed by atoms with E-state index in [0.29, 0.717) is 5.82 Å². The van der Waals surface area contributed by atoms with Crippen LogP contribution in [0.4, 0.5) is 0 Å². The summed E-state index contributed by atoms with van der Waals surface area (Å²) in [6.45, 7) is 0. The van der Waals surface area contributed by atoms with Gasteiger partial charge in [-0.3, -0.25) is 4.57 Å². The molecule has 0 atom stereocenters. The Balaban J connectivity index is 1.51. The summed E-state index contributed by atoms with van der Waals surface area (Å²) in [5, 5.41) is 12.3. The van der Waals surface area contributed by atoms with Crippen LogP contribution in [0.15, 0.2) is 164 Å². The van der Waals surface area contributed by atoms with Gasteiger partial charge in [-0.25, -0.2) is 9.97 Å². The summed E-state index contributed by atoms with van der Waals surface area (Å²) in [5.74, 6) is 1.55. The highest BCUT2D eigenvalue weighted by Crippen LogP contribution is 2.47. The quantitative estimate of drug-likeness (QED) is 0.190. The topological polar surface area (TPSA) is 30.7 Å². The zero-order valence-electron chi connectivity index (χ0n) is 25.4. The third-order valence-corrected chi connectivity index (χ3v) is 9.55. The van der Waals surface area contributed by atoms with Gasteiger partial charge in [0.15, 0.2) is 5.82 Å². The van der Waals surface area contributed by atoms with Gasteiger partial charge in [0.05, 0.1) is 16.7 Å². The van der Waals surface area contributed by atoms with Crippen molar-refractivity contribution in [3.05, 3.63) is 164 Å². The molecule has 0 amide bonds. The summed E-state index contributed by atoms with van der Waals surface area (Å²) in [4.78, 5) is 10.5. The summed E-state index contributed by atoms with van der Waals surface area (Å²) < 4.78 is 2.43. The fourth-order valence-electron chi connectivity index (χ4n) is 7.58. The van der Waals surface area contributed by atoms with Gasteiger partial charge in [0, 0.05) is 38.7 Å². The maximum atomic E-state index is 5.40. The molecule has 10 rings (SSSR count). The molecule has 0 aliphatic rings. The van der Waals surface area contributed by atoms with Crippen LogP contribution in [0.25, 0.3) is 93.4 Å². The standard InChI is InChI=1S/C44H27N3/c1-3-15-28(16-4-1)38-27-39(46-44(45-38)29-17-5-2-6-18-29)47-42-36-25-13-9-21-32(36)30-19-7-11-23-34(30)40(42)41-35-24-12-8-20-31(35)33-22-10-14-26-37(33)43(41)47/h1-27H. The van der Waals surface area contributed by atoms with Crippen LogP contribution in [0.2, 0.25) is 0 Å². The van der Waals surface area contributed by atoms with Crippen molar-refractivity contribution in [1.82, 2.24) is 14.5 Å². The predicted octanol–water partition coefficient (Wildman–Crippen LogP) is 11.5. The van der Waals surface area contributed by atoms with Gasteiger partial charge in [-0.2, -0.15) is 0 Å². The van der Waals surface area contributed by atoms with Crippen LogP contribution in [0.1, 0.15) is 0 Å². The van der Waals surface area contributed by atoms with Gasteiger partial charge in [0.25, 0.3) is 0 Å². The SMILES string of the molecule is c1ccc(-c2cc(-n3c4c5ccccc5c5ccccc5c4c4c5ccccc5c5ccccc5c43)nc(-c3ccccc3)n2)cc1. The summed E-state index contributed by atoms with van der Waals surface area (Å²) in [6, 6.07) is 58.2. The highest BCUT2D eigenvalue weighted by atomic mass is 15.1. The van der Waals surface area contributed by atoms with Crippen molar-refractivity contribution >= 4 is 64.9 Å². The van der Waals surface area contributed by atoms with E-state index in [1.807, 2.05) is 24.3 Å². The third-order valence-electron chi connectivity index (χ3n) is 9.55. The molecule has 218 valence electrons. The number of benzene rings is 8. The molecule has 0 spiro atoms. The molecule has 0 aliphatic carbocycles. The van der Waals surface area contributed by atoms with Crippen molar-refractivity contribution in [1.29, 1.82) is 0 Å². The molecule has 10 aromatic rings. The number of fused-ring (bicyclic) bond motifs is 13. The zero-order valence-corrected chi connectivity index (χ0v) is 25.4. The van der Waals surface area contributed by atoms with Crippen molar-refractivity contribution in [2.75, 3.05) is 0 Å². The molecule has 3 nitrogen and oxygen atoms in total. The number of hydrogen-bond acceptors (Lipinski definition) is 2. The third kappa shape index (κ3) is 3.81. The maximum Gasteiger partial charge on any atom is 0.162 e. The second-order valence-electron chi connectivity index (χ2n) is 12.1. The predicted molar refractivity (Wildman–Crippen MR) is 197 cm³/mol. The smallest absolute Gasteiger partial charge is 0.162 e. The Bertz CT molecular complexity index is 2640. The van der Waals surface area contributed by atoms with E-state index >= 15 is 0 Å². The van der Waals surface area contributed by atoms with Crippen LogP contribution in [0.3, 0.4) is 0 Å². The normalized spacial score (nSPS) is 11.8. The van der Waals surface area contributed by atoms with Crippen LogP contribution < -0.4 is 0 Å². The van der Waals surface area contributed by atoms with Crippen molar-refractivity contribution in [3.8, 4) is 28.5 Å². The van der Waals surface area contributed by atoms with Gasteiger partial charge in [-0.05, 0) is 32.3 Å². The lowest BCUT2D eigenvalue weighted by molar-refractivity contribution is 1.05. The molecule has 0 N–H and O–H groups in total. The van der Waals surface area contributed by atoms with E-state index in [2.05, 4.69) is 144 Å². The molecule has 2 aromatic heterocycles. The largest absolute Gasteiger partial charge is 0.292 e. The summed E-state index contributed by atoms with van der Waals surface area (Å²) in [5.41, 5.74) is 5.25. The van der Waals surface area contributed by atoms with Crippen LogP contribution in [-0.2, 0) is 0 Å². The molecule has 3 heteroatoms. The first-order chi connectivity index (χ1) is 23.3. The summed E-state index contributed by atoms with van der Waals surface area (Å²) in [6.07, 6.45) is 0. The molecule has 0 aliphatic heterocycles. The van der Waals surface area contributed by atoms with E-state index in [9.17, 15) is 0 Å². The second kappa shape index (κ2) is 10.1. The summed E-state index contributed by atoms with van der Waals surface area (Å²) in [7, 11) is 0. The Labute approximate surface area is 271 Å². The number of rotatable bonds is 3. The molecule has 0 saturated heterocycles. The Morgan fingerprint density at radius 1 is 0.340 bits per heavy atom. The van der Waals surface area contributed by atoms with Crippen molar-refractivity contribution < 1.29 is 0 Å². The molecule has 0 fully saturated rings. The fourth-order valence-corrected chi connectivity index (χ4v) is 7.58. The molecule has 8 aromatic carbocycles. The van der Waals surface area contributed by atoms with Crippen LogP contribution in [-0.4, -0.2) is 14.5 Å². The molecule has 47 heavy (non-hydrogen) atoms. The molecule has 0 saturated carbocycles. The van der Waals surface area contributed by atoms with Gasteiger partial charge in [-0.1, -0.05) is 158 Å². The average Bonchev–Trinajstić information content (AvgIpc) is 3.53.